The zero-order chi connectivity index (χ0) is 13.1. The molecule has 1 nitrogen and oxygen atoms in total. The summed E-state index contributed by atoms with van der Waals surface area (Å²) in [7, 11) is 1.28. The average Bonchev–Trinajstić information content (AvgIpc) is 2.43. The minimum Gasteiger partial charge on any atom is -0.472 e. The minimum atomic E-state index is 0. The van der Waals surface area contributed by atoms with Gasteiger partial charge in [0.1, 0.15) is 0 Å². The molecule has 0 saturated carbocycles. The standard InChI is InChI=1S/C12H10P.C4H10O.Li/c1-3-7-11(8-4-1)13-12-9-5-2-6-10-12;1-3-5-4-2;/h1-10H;3-4H2,1-2H3;/q-1;;+1. The maximum absolute atomic E-state index is 4.83. The molecule has 0 bridgehead atoms. The Balaban J connectivity index is 0.000000471. The third kappa shape index (κ3) is 9.03. The van der Waals surface area contributed by atoms with Crippen LogP contribution in [-0.2, 0) is 4.74 Å². The molecule has 2 aromatic rings. The zero-order valence-corrected chi connectivity index (χ0v) is 12.9. The summed E-state index contributed by atoms with van der Waals surface area (Å²) in [6, 6.07) is 21.0. The van der Waals surface area contributed by atoms with E-state index in [1.165, 1.54) is 19.2 Å². The number of ether oxygens (including phenoxy) is 1. The van der Waals surface area contributed by atoms with E-state index < -0.39 is 0 Å². The van der Waals surface area contributed by atoms with E-state index in [4.69, 9.17) is 4.74 Å². The second kappa shape index (κ2) is 12.5. The Morgan fingerprint density at radius 3 is 1.37 bits per heavy atom. The van der Waals surface area contributed by atoms with Crippen LogP contribution < -0.4 is 29.5 Å². The van der Waals surface area contributed by atoms with Crippen molar-refractivity contribution in [2.24, 2.45) is 0 Å². The van der Waals surface area contributed by atoms with E-state index in [2.05, 4.69) is 48.5 Å². The van der Waals surface area contributed by atoms with Crippen LogP contribution in [0.4, 0.5) is 0 Å². The van der Waals surface area contributed by atoms with Crippen molar-refractivity contribution in [2.45, 2.75) is 13.8 Å². The molecule has 0 aliphatic heterocycles. The molecule has 0 spiro atoms. The zero-order valence-electron chi connectivity index (χ0n) is 12.0. The fourth-order valence-electron chi connectivity index (χ4n) is 1.36. The van der Waals surface area contributed by atoms with Crippen LogP contribution in [0.25, 0.3) is 0 Å². The summed E-state index contributed by atoms with van der Waals surface area (Å²) >= 11 is 0. The van der Waals surface area contributed by atoms with E-state index in [-0.39, 0.29) is 18.9 Å². The van der Waals surface area contributed by atoms with Gasteiger partial charge in [0.05, 0.1) is 0 Å². The van der Waals surface area contributed by atoms with Gasteiger partial charge in [0, 0.05) is 13.2 Å². The number of hydrogen-bond donors (Lipinski definition) is 0. The van der Waals surface area contributed by atoms with Crippen LogP contribution in [-0.4, -0.2) is 13.2 Å². The molecule has 0 aliphatic carbocycles. The Morgan fingerprint density at radius 1 is 0.737 bits per heavy atom. The maximum Gasteiger partial charge on any atom is 1.00 e. The topological polar surface area (TPSA) is 9.23 Å². The summed E-state index contributed by atoms with van der Waals surface area (Å²) in [6.07, 6.45) is 0. The fourth-order valence-corrected chi connectivity index (χ4v) is 2.30. The average molecular weight is 266 g/mol. The van der Waals surface area contributed by atoms with Gasteiger partial charge in [-0.15, -0.1) is 0 Å². The molecule has 96 valence electrons. The Bertz CT molecular complexity index is 366. The maximum atomic E-state index is 4.83. The van der Waals surface area contributed by atoms with Gasteiger partial charge in [0.2, 0.25) is 0 Å². The van der Waals surface area contributed by atoms with E-state index in [0.29, 0.717) is 0 Å². The van der Waals surface area contributed by atoms with Crippen LogP contribution in [0.5, 0.6) is 0 Å². The summed E-state index contributed by atoms with van der Waals surface area (Å²) in [5, 5.41) is 2.68. The Kier molecular flexibility index (Phi) is 12.1. The predicted molar refractivity (Wildman–Crippen MR) is 81.2 cm³/mol. The van der Waals surface area contributed by atoms with E-state index in [9.17, 15) is 0 Å². The van der Waals surface area contributed by atoms with Crippen molar-refractivity contribution < 1.29 is 23.6 Å². The van der Waals surface area contributed by atoms with E-state index in [1.54, 1.807) is 0 Å². The number of benzene rings is 2. The van der Waals surface area contributed by atoms with Crippen LogP contribution in [0.3, 0.4) is 0 Å². The smallest absolute Gasteiger partial charge is 0.472 e. The summed E-state index contributed by atoms with van der Waals surface area (Å²) in [5.74, 6) is 0. The van der Waals surface area contributed by atoms with Crippen molar-refractivity contribution in [2.75, 3.05) is 13.2 Å². The first kappa shape index (κ1) is 18.4. The van der Waals surface area contributed by atoms with Gasteiger partial charge in [-0.25, -0.2) is 10.6 Å². The molecule has 0 atom stereocenters. The normalized spacial score (nSPS) is 8.95. The molecule has 0 saturated heterocycles. The van der Waals surface area contributed by atoms with Crippen molar-refractivity contribution >= 4 is 19.2 Å². The summed E-state index contributed by atoms with van der Waals surface area (Å²) in [5.41, 5.74) is 0. The van der Waals surface area contributed by atoms with Crippen LogP contribution >= 0.6 is 8.58 Å². The summed E-state index contributed by atoms with van der Waals surface area (Å²) in [4.78, 5) is 0. The van der Waals surface area contributed by atoms with Crippen molar-refractivity contribution in [3.8, 4) is 0 Å². The quantitative estimate of drug-likeness (QED) is 0.582. The van der Waals surface area contributed by atoms with Gasteiger partial charge in [0.25, 0.3) is 0 Å². The number of rotatable bonds is 4. The summed E-state index contributed by atoms with van der Waals surface area (Å²) in [6.45, 7) is 5.67. The molecule has 0 aromatic heterocycles. The van der Waals surface area contributed by atoms with Gasteiger partial charge in [0.15, 0.2) is 0 Å². The monoisotopic (exact) mass is 266 g/mol. The third-order valence-electron chi connectivity index (χ3n) is 2.18. The van der Waals surface area contributed by atoms with Crippen molar-refractivity contribution in [1.29, 1.82) is 0 Å². The molecule has 0 radical (unpaired) electrons. The van der Waals surface area contributed by atoms with Crippen molar-refractivity contribution in [3.05, 3.63) is 60.7 Å². The van der Waals surface area contributed by atoms with E-state index in [0.717, 1.165) is 13.2 Å². The Hall–Kier alpha value is -0.573. The molecule has 0 heterocycles. The minimum absolute atomic E-state index is 0. The van der Waals surface area contributed by atoms with Crippen LogP contribution in [0, 0.1) is 0 Å². The van der Waals surface area contributed by atoms with Crippen molar-refractivity contribution in [1.82, 2.24) is 0 Å². The molecule has 2 aromatic carbocycles. The molecular formula is C16H20LiOP. The third-order valence-corrected chi connectivity index (χ3v) is 3.29. The second-order valence-electron chi connectivity index (χ2n) is 3.56. The van der Waals surface area contributed by atoms with Gasteiger partial charge in [-0.1, -0.05) is 60.7 Å². The Morgan fingerprint density at radius 2 is 1.11 bits per heavy atom. The number of hydrogen-bond acceptors (Lipinski definition) is 1. The van der Waals surface area contributed by atoms with Gasteiger partial charge < -0.3 is 13.3 Å². The first-order valence-corrected chi connectivity index (χ1v) is 7.15. The largest absolute Gasteiger partial charge is 1.00 e. The van der Waals surface area contributed by atoms with Crippen molar-refractivity contribution in [3.63, 3.8) is 0 Å². The van der Waals surface area contributed by atoms with Crippen LogP contribution in [0.1, 0.15) is 13.8 Å². The van der Waals surface area contributed by atoms with Gasteiger partial charge in [-0.3, -0.25) is 0 Å². The molecule has 19 heavy (non-hydrogen) atoms. The molecule has 0 amide bonds. The molecule has 0 N–H and O–H groups in total. The second-order valence-corrected chi connectivity index (χ2v) is 4.82. The van der Waals surface area contributed by atoms with Crippen LogP contribution in [0.2, 0.25) is 0 Å². The Labute approximate surface area is 130 Å². The first-order chi connectivity index (χ1) is 8.86. The molecule has 0 unspecified atom stereocenters. The van der Waals surface area contributed by atoms with E-state index in [1.807, 2.05) is 26.0 Å². The van der Waals surface area contributed by atoms with Gasteiger partial charge in [-0.2, -0.15) is 0 Å². The first-order valence-electron chi connectivity index (χ1n) is 6.26. The van der Waals surface area contributed by atoms with E-state index >= 15 is 0 Å². The fraction of sp³-hybridized carbons (Fsp3) is 0.250. The van der Waals surface area contributed by atoms with Gasteiger partial charge >= 0.3 is 18.9 Å². The molecule has 3 heteroatoms. The predicted octanol–water partition coefficient (Wildman–Crippen LogP) is 0.630. The molecule has 2 rings (SSSR count). The molecule has 0 aliphatic rings. The van der Waals surface area contributed by atoms with Crippen LogP contribution in [0.15, 0.2) is 60.7 Å². The summed E-state index contributed by atoms with van der Waals surface area (Å²) < 4.78 is 4.83. The molecule has 0 fully saturated rings. The van der Waals surface area contributed by atoms with Gasteiger partial charge in [-0.05, 0) is 13.8 Å². The SMILES string of the molecule is CCOCC.[Li+].c1ccc([P-]c2ccccc2)cc1. The molecular weight excluding hydrogens is 246 g/mol.